The van der Waals surface area contributed by atoms with Crippen molar-refractivity contribution in [1.29, 1.82) is 0 Å². The molecule has 0 fully saturated rings. The van der Waals surface area contributed by atoms with Crippen LogP contribution in [0.4, 0.5) is 0 Å². The van der Waals surface area contributed by atoms with E-state index < -0.39 is 15.2 Å². The van der Waals surface area contributed by atoms with Crippen molar-refractivity contribution in [1.82, 2.24) is 0 Å². The van der Waals surface area contributed by atoms with E-state index >= 15 is 0 Å². The third-order valence-corrected chi connectivity index (χ3v) is 10.8. The van der Waals surface area contributed by atoms with Gasteiger partial charge in [0.05, 0.1) is 52.0 Å². The van der Waals surface area contributed by atoms with Gasteiger partial charge in [0.15, 0.2) is 0 Å². The van der Waals surface area contributed by atoms with E-state index in [0.717, 1.165) is 25.7 Å². The molecule has 1 rings (SSSR count). The van der Waals surface area contributed by atoms with Gasteiger partial charge in [0, 0.05) is 11.1 Å². The van der Waals surface area contributed by atoms with Gasteiger partial charge in [0.25, 0.3) is 0 Å². The van der Waals surface area contributed by atoms with Gasteiger partial charge >= 0.3 is 15.2 Å². The van der Waals surface area contributed by atoms with Crippen LogP contribution in [-0.2, 0) is 39.5 Å². The van der Waals surface area contributed by atoms with E-state index in [9.17, 15) is 9.13 Å². The van der Waals surface area contributed by atoms with Crippen molar-refractivity contribution in [3.63, 3.8) is 0 Å². The van der Waals surface area contributed by atoms with Crippen LogP contribution >= 0.6 is 15.2 Å². The third kappa shape index (κ3) is 16.3. The largest absolute Gasteiger partial charge is 0.493 e. The van der Waals surface area contributed by atoms with Crippen molar-refractivity contribution >= 4 is 15.2 Å². The highest BCUT2D eigenvalue weighted by molar-refractivity contribution is 7.53. The van der Waals surface area contributed by atoms with Crippen LogP contribution in [0.15, 0.2) is 12.1 Å². The lowest BCUT2D eigenvalue weighted by atomic mass is 10.1. The summed E-state index contributed by atoms with van der Waals surface area (Å²) in [6, 6.07) is 3.71. The fraction of sp³-hybridized carbons (Fsp3) is 0.812. The summed E-state index contributed by atoms with van der Waals surface area (Å²) in [5.41, 5.74) is 1.38. The molecule has 1 aromatic carbocycles. The first-order chi connectivity index (χ1) is 20.3. The molecule has 0 aliphatic rings. The highest BCUT2D eigenvalue weighted by atomic mass is 31.2. The summed E-state index contributed by atoms with van der Waals surface area (Å²) in [6.07, 6.45) is 13.9. The monoisotopic (exact) mass is 634 g/mol. The molecule has 0 aromatic heterocycles. The number of hydrogen-bond donors (Lipinski definition) is 0. The van der Waals surface area contributed by atoms with Crippen molar-refractivity contribution in [3.8, 4) is 11.5 Å². The summed E-state index contributed by atoms with van der Waals surface area (Å²) < 4.78 is 62.2. The van der Waals surface area contributed by atoms with E-state index in [0.29, 0.717) is 35.8 Å². The second-order valence-electron chi connectivity index (χ2n) is 10.5. The molecular formula is C32H60O8P2. The summed E-state index contributed by atoms with van der Waals surface area (Å²) in [7, 11) is -6.82. The quantitative estimate of drug-likeness (QED) is 0.0664. The van der Waals surface area contributed by atoms with Crippen LogP contribution in [0.5, 0.6) is 11.5 Å². The van der Waals surface area contributed by atoms with Crippen molar-refractivity contribution in [3.05, 3.63) is 23.3 Å². The minimum atomic E-state index is -3.41. The van der Waals surface area contributed by atoms with Crippen LogP contribution in [0.25, 0.3) is 0 Å². The zero-order valence-corrected chi connectivity index (χ0v) is 29.2. The van der Waals surface area contributed by atoms with E-state index in [1.807, 2.05) is 12.1 Å². The van der Waals surface area contributed by atoms with Crippen LogP contribution < -0.4 is 9.47 Å². The Balaban J connectivity index is 3.34. The summed E-state index contributed by atoms with van der Waals surface area (Å²) in [4.78, 5) is 0. The lowest BCUT2D eigenvalue weighted by Gasteiger charge is -2.23. The molecule has 1 aromatic rings. The second-order valence-corrected chi connectivity index (χ2v) is 14.6. The molecule has 0 saturated carbocycles. The lowest BCUT2D eigenvalue weighted by Crippen LogP contribution is -2.08. The average molecular weight is 635 g/mol. The Hall–Kier alpha value is -0.880. The van der Waals surface area contributed by atoms with E-state index in [4.69, 9.17) is 27.6 Å². The molecule has 0 N–H and O–H groups in total. The number of ether oxygens (including phenoxy) is 2. The molecule has 0 aliphatic heterocycles. The van der Waals surface area contributed by atoms with Gasteiger partial charge in [-0.25, -0.2) is 0 Å². The first-order valence-electron chi connectivity index (χ1n) is 16.5. The van der Waals surface area contributed by atoms with Crippen LogP contribution in [0.2, 0.25) is 0 Å². The Morgan fingerprint density at radius 1 is 0.476 bits per heavy atom. The molecule has 0 radical (unpaired) electrons. The highest BCUT2D eigenvalue weighted by Crippen LogP contribution is 2.55. The molecule has 0 amide bonds. The molecule has 0 spiro atoms. The summed E-state index contributed by atoms with van der Waals surface area (Å²) >= 11 is 0. The number of hydrogen-bond acceptors (Lipinski definition) is 8. The summed E-state index contributed by atoms with van der Waals surface area (Å²) in [5, 5.41) is 0. The Labute approximate surface area is 257 Å². The van der Waals surface area contributed by atoms with Gasteiger partial charge in [-0.15, -0.1) is 0 Å². The van der Waals surface area contributed by atoms with Crippen LogP contribution in [-0.4, -0.2) is 39.6 Å². The van der Waals surface area contributed by atoms with Crippen LogP contribution in [0.1, 0.15) is 130 Å². The molecule has 0 heterocycles. The van der Waals surface area contributed by atoms with Crippen molar-refractivity contribution in [2.75, 3.05) is 39.6 Å². The van der Waals surface area contributed by atoms with Crippen molar-refractivity contribution in [2.45, 2.75) is 131 Å². The Morgan fingerprint density at radius 3 is 1.10 bits per heavy atom. The zero-order valence-electron chi connectivity index (χ0n) is 27.5. The van der Waals surface area contributed by atoms with Gasteiger partial charge in [-0.1, -0.05) is 78.1 Å². The first-order valence-corrected chi connectivity index (χ1v) is 19.9. The van der Waals surface area contributed by atoms with Gasteiger partial charge in [-0.2, -0.15) is 0 Å². The maximum Gasteiger partial charge on any atom is 0.335 e. The van der Waals surface area contributed by atoms with Crippen LogP contribution in [0.3, 0.4) is 0 Å². The maximum atomic E-state index is 13.6. The Morgan fingerprint density at radius 2 is 0.786 bits per heavy atom. The predicted octanol–water partition coefficient (Wildman–Crippen LogP) is 10.7. The number of benzene rings is 1. The number of rotatable bonds is 28. The first kappa shape index (κ1) is 39.1. The second kappa shape index (κ2) is 23.5. The molecule has 0 bridgehead atoms. The van der Waals surface area contributed by atoms with Crippen molar-refractivity contribution in [2.24, 2.45) is 0 Å². The molecule has 10 heteroatoms. The topological polar surface area (TPSA) is 89.5 Å². The minimum Gasteiger partial charge on any atom is -0.493 e. The summed E-state index contributed by atoms with van der Waals surface area (Å²) in [6.45, 7) is 13.8. The number of unbranched alkanes of at least 4 members (excludes halogenated alkanes) is 10. The van der Waals surface area contributed by atoms with Crippen LogP contribution in [0, 0.1) is 0 Å². The molecule has 0 atom stereocenters. The molecule has 0 unspecified atom stereocenters. The smallest absolute Gasteiger partial charge is 0.335 e. The molecule has 0 saturated heterocycles. The van der Waals surface area contributed by atoms with Gasteiger partial charge in [0.1, 0.15) is 11.5 Å². The van der Waals surface area contributed by atoms with Gasteiger partial charge in [-0.3, -0.25) is 9.13 Å². The molecule has 8 nitrogen and oxygen atoms in total. The maximum absolute atomic E-state index is 13.6. The standard InChI is InChI=1S/C32H60O8P2/c1-7-13-15-17-19-21-23-35-31-25-30(28-42(34,39-11-5)40-12-6)32(36-24-22-20-18-16-14-8-2)26-29(31)27-41(33,37-9-3)38-10-4/h25-26H,7-24,27-28H2,1-6H3. The van der Waals surface area contributed by atoms with Gasteiger partial charge in [-0.05, 0) is 52.7 Å². The van der Waals surface area contributed by atoms with E-state index in [1.54, 1.807) is 27.7 Å². The fourth-order valence-corrected chi connectivity index (χ4v) is 8.17. The average Bonchev–Trinajstić information content (AvgIpc) is 2.94. The van der Waals surface area contributed by atoms with E-state index in [-0.39, 0.29) is 38.8 Å². The molecule has 42 heavy (non-hydrogen) atoms. The van der Waals surface area contributed by atoms with Gasteiger partial charge in [0.2, 0.25) is 0 Å². The molecule has 0 aliphatic carbocycles. The zero-order chi connectivity index (χ0) is 31.1. The van der Waals surface area contributed by atoms with Crippen molar-refractivity contribution < 1.29 is 36.7 Å². The summed E-state index contributed by atoms with van der Waals surface area (Å²) in [5.74, 6) is 1.15. The van der Waals surface area contributed by atoms with Gasteiger partial charge < -0.3 is 27.6 Å². The SMILES string of the molecule is CCCCCCCCOc1cc(CP(=O)(OCC)OCC)c(OCCCCCCCC)cc1CP(=O)(OCC)OCC. The Bertz CT molecular complexity index is 830. The fourth-order valence-electron chi connectivity index (χ4n) is 4.75. The van der Waals surface area contributed by atoms with E-state index in [1.165, 1.54) is 51.4 Å². The normalized spacial score (nSPS) is 12.1. The Kier molecular flexibility index (Phi) is 21.9. The molecule has 246 valence electrons. The highest BCUT2D eigenvalue weighted by Gasteiger charge is 2.30. The lowest BCUT2D eigenvalue weighted by molar-refractivity contribution is 0.216. The third-order valence-electron chi connectivity index (χ3n) is 6.79. The molecular weight excluding hydrogens is 574 g/mol. The van der Waals surface area contributed by atoms with E-state index in [2.05, 4.69) is 13.8 Å². The minimum absolute atomic E-state index is 0.0583. The predicted molar refractivity (Wildman–Crippen MR) is 173 cm³/mol.